The molecule has 1 N–H and O–H groups in total. The highest BCUT2D eigenvalue weighted by Crippen LogP contribution is 2.33. The van der Waals surface area contributed by atoms with Gasteiger partial charge in [-0.1, -0.05) is 30.3 Å². The summed E-state index contributed by atoms with van der Waals surface area (Å²) in [4.78, 5) is 13.2. The molecule has 1 aliphatic rings. The van der Waals surface area contributed by atoms with Crippen LogP contribution in [0.15, 0.2) is 71.3 Å². The number of nitrogens with one attached hydrogen (secondary N) is 1. The van der Waals surface area contributed by atoms with Crippen LogP contribution in [0.25, 0.3) is 17.1 Å². The number of aromatic nitrogens is 2. The van der Waals surface area contributed by atoms with Crippen molar-refractivity contribution in [2.45, 2.75) is 13.5 Å². The smallest absolute Gasteiger partial charge is 0.255 e. The quantitative estimate of drug-likeness (QED) is 0.530. The molecule has 7 heteroatoms. The van der Waals surface area contributed by atoms with Crippen LogP contribution in [-0.4, -0.2) is 28.9 Å². The van der Waals surface area contributed by atoms with Crippen LogP contribution in [0.2, 0.25) is 0 Å². The molecule has 7 nitrogen and oxygen atoms in total. The van der Waals surface area contributed by atoms with Crippen molar-refractivity contribution in [3.05, 3.63) is 83.7 Å². The second kappa shape index (κ2) is 8.02. The van der Waals surface area contributed by atoms with Gasteiger partial charge < -0.3 is 19.2 Å². The molecule has 1 aliphatic heterocycles. The van der Waals surface area contributed by atoms with Crippen LogP contribution in [0.1, 0.15) is 21.7 Å². The summed E-state index contributed by atoms with van der Waals surface area (Å²) < 4.78 is 18.8. The highest BCUT2D eigenvalue weighted by Gasteiger charge is 2.22. The zero-order valence-corrected chi connectivity index (χ0v) is 17.0. The summed E-state index contributed by atoms with van der Waals surface area (Å²) in [5.74, 6) is 2.42. The Morgan fingerprint density at radius 3 is 2.68 bits per heavy atom. The van der Waals surface area contributed by atoms with Crippen molar-refractivity contribution in [3.8, 4) is 28.6 Å². The van der Waals surface area contributed by atoms with Crippen molar-refractivity contribution in [2.24, 2.45) is 0 Å². The lowest BCUT2D eigenvalue weighted by Crippen LogP contribution is -2.24. The Morgan fingerprint density at radius 1 is 1.03 bits per heavy atom. The minimum Gasteiger partial charge on any atom is -0.486 e. The van der Waals surface area contributed by atoms with Gasteiger partial charge in [-0.05, 0) is 37.3 Å². The molecule has 1 amide bonds. The number of fused-ring (bicyclic) bond motifs is 1. The molecule has 0 aliphatic carbocycles. The van der Waals surface area contributed by atoms with Crippen LogP contribution in [0.5, 0.6) is 11.5 Å². The molecule has 0 atom stereocenters. The van der Waals surface area contributed by atoms with E-state index in [0.717, 1.165) is 17.0 Å². The second-order valence-electron chi connectivity index (χ2n) is 7.21. The van der Waals surface area contributed by atoms with Gasteiger partial charge in [0.25, 0.3) is 5.91 Å². The summed E-state index contributed by atoms with van der Waals surface area (Å²) in [5, 5.41) is 7.61. The molecule has 0 spiro atoms. The fraction of sp³-hybridized carbons (Fsp3) is 0.167. The summed E-state index contributed by atoms with van der Waals surface area (Å²) in [6.45, 7) is 3.17. The van der Waals surface area contributed by atoms with Gasteiger partial charge in [-0.25, -0.2) is 4.68 Å². The summed E-state index contributed by atoms with van der Waals surface area (Å²) in [6.07, 6.45) is 1.72. The maximum absolute atomic E-state index is 13.2. The Morgan fingerprint density at radius 2 is 1.87 bits per heavy atom. The van der Waals surface area contributed by atoms with Crippen molar-refractivity contribution in [1.29, 1.82) is 0 Å². The van der Waals surface area contributed by atoms with Gasteiger partial charge in [0.15, 0.2) is 17.3 Å². The van der Waals surface area contributed by atoms with Crippen LogP contribution in [0, 0.1) is 6.92 Å². The van der Waals surface area contributed by atoms with E-state index < -0.39 is 0 Å². The largest absolute Gasteiger partial charge is 0.486 e. The number of hydrogen-bond acceptors (Lipinski definition) is 5. The molecule has 0 unspecified atom stereocenters. The molecule has 0 bridgehead atoms. The molecule has 31 heavy (non-hydrogen) atoms. The third kappa shape index (κ3) is 3.77. The average molecular weight is 415 g/mol. The third-order valence-corrected chi connectivity index (χ3v) is 5.04. The van der Waals surface area contributed by atoms with E-state index in [1.165, 1.54) is 0 Å². The first-order valence-electron chi connectivity index (χ1n) is 10.1. The Balaban J connectivity index is 1.45. The van der Waals surface area contributed by atoms with Crippen LogP contribution in [0.3, 0.4) is 0 Å². The highest BCUT2D eigenvalue weighted by molar-refractivity contribution is 5.99. The fourth-order valence-corrected chi connectivity index (χ4v) is 3.54. The zero-order chi connectivity index (χ0) is 21.2. The average Bonchev–Trinajstić information content (AvgIpc) is 3.44. The number of carbonyl (C=O) groups excluding carboxylic acids is 1. The number of carbonyl (C=O) groups is 1. The number of nitrogens with zero attached hydrogens (tertiary/aromatic N) is 2. The van der Waals surface area contributed by atoms with Crippen molar-refractivity contribution in [1.82, 2.24) is 15.1 Å². The van der Waals surface area contributed by atoms with Gasteiger partial charge in [-0.3, -0.25) is 4.79 Å². The van der Waals surface area contributed by atoms with E-state index in [1.54, 1.807) is 10.9 Å². The topological polar surface area (TPSA) is 78.5 Å². The predicted molar refractivity (Wildman–Crippen MR) is 115 cm³/mol. The van der Waals surface area contributed by atoms with Crippen molar-refractivity contribution in [2.75, 3.05) is 13.2 Å². The lowest BCUT2D eigenvalue weighted by molar-refractivity contribution is 0.0950. The van der Waals surface area contributed by atoms with E-state index >= 15 is 0 Å². The van der Waals surface area contributed by atoms with E-state index in [0.29, 0.717) is 48.3 Å². The van der Waals surface area contributed by atoms with Gasteiger partial charge >= 0.3 is 0 Å². The third-order valence-electron chi connectivity index (χ3n) is 5.04. The van der Waals surface area contributed by atoms with Gasteiger partial charge in [0.1, 0.15) is 24.7 Å². The minimum atomic E-state index is -0.249. The van der Waals surface area contributed by atoms with Crippen LogP contribution in [0.4, 0.5) is 0 Å². The number of amides is 1. The zero-order valence-electron chi connectivity index (χ0n) is 17.0. The summed E-state index contributed by atoms with van der Waals surface area (Å²) in [7, 11) is 0. The SMILES string of the molecule is Cc1ccc(-c2nn(-c3ccccc3)cc2C(=O)NCc2cccc3c2OCCO3)o1. The number of hydrogen-bond donors (Lipinski definition) is 1. The number of aryl methyl sites for hydroxylation is 1. The van der Waals surface area contributed by atoms with E-state index in [-0.39, 0.29) is 5.91 Å². The maximum Gasteiger partial charge on any atom is 0.255 e. The Bertz CT molecular complexity index is 1230. The second-order valence-corrected chi connectivity index (χ2v) is 7.21. The number of furan rings is 1. The lowest BCUT2D eigenvalue weighted by atomic mass is 10.1. The van der Waals surface area contributed by atoms with Gasteiger partial charge in [0.2, 0.25) is 0 Å². The van der Waals surface area contributed by atoms with Crippen LogP contribution in [-0.2, 0) is 6.54 Å². The van der Waals surface area contributed by atoms with Gasteiger partial charge in [-0.2, -0.15) is 5.10 Å². The number of benzene rings is 2. The predicted octanol–water partition coefficient (Wildman–Crippen LogP) is 4.14. The Hall–Kier alpha value is -4.00. The minimum absolute atomic E-state index is 0.249. The van der Waals surface area contributed by atoms with Crippen LogP contribution >= 0.6 is 0 Å². The Labute approximate surface area is 179 Å². The molecule has 3 heterocycles. The number of rotatable bonds is 5. The van der Waals surface area contributed by atoms with E-state index in [9.17, 15) is 4.79 Å². The normalized spacial score (nSPS) is 12.5. The van der Waals surface area contributed by atoms with Gasteiger partial charge in [0, 0.05) is 18.3 Å². The monoisotopic (exact) mass is 415 g/mol. The molecule has 2 aromatic carbocycles. The summed E-state index contributed by atoms with van der Waals surface area (Å²) in [6, 6.07) is 19.0. The summed E-state index contributed by atoms with van der Waals surface area (Å²) >= 11 is 0. The Kier molecular flexibility index (Phi) is 4.92. The lowest BCUT2D eigenvalue weighted by Gasteiger charge is -2.21. The van der Waals surface area contributed by atoms with Crippen molar-refractivity contribution >= 4 is 5.91 Å². The molecule has 0 radical (unpaired) electrons. The number of para-hydroxylation sites is 2. The summed E-state index contributed by atoms with van der Waals surface area (Å²) in [5.41, 5.74) is 2.63. The molecule has 4 aromatic rings. The molecule has 5 rings (SSSR count). The fourth-order valence-electron chi connectivity index (χ4n) is 3.54. The first-order valence-corrected chi connectivity index (χ1v) is 10.1. The van der Waals surface area contributed by atoms with Gasteiger partial charge in [0.05, 0.1) is 11.3 Å². The molecule has 0 saturated heterocycles. The molecular weight excluding hydrogens is 394 g/mol. The van der Waals surface area contributed by atoms with E-state index in [4.69, 9.17) is 13.9 Å². The highest BCUT2D eigenvalue weighted by atomic mass is 16.6. The molecule has 0 saturated carbocycles. The van der Waals surface area contributed by atoms with E-state index in [2.05, 4.69) is 10.4 Å². The first-order chi connectivity index (χ1) is 15.2. The number of ether oxygens (including phenoxy) is 2. The molecular formula is C24H21N3O4. The molecule has 156 valence electrons. The van der Waals surface area contributed by atoms with Crippen LogP contribution < -0.4 is 14.8 Å². The standard InChI is InChI=1S/C24H21N3O4/c1-16-10-11-20(31-16)22-19(15-27(26-22)18-7-3-2-4-8-18)24(28)25-14-17-6-5-9-21-23(17)30-13-12-29-21/h2-11,15H,12-14H2,1H3,(H,25,28). The molecule has 0 fully saturated rings. The van der Waals surface area contributed by atoms with E-state index in [1.807, 2.05) is 67.6 Å². The molecule has 2 aromatic heterocycles. The first kappa shape index (κ1) is 19.0. The van der Waals surface area contributed by atoms with Crippen molar-refractivity contribution in [3.63, 3.8) is 0 Å². The van der Waals surface area contributed by atoms with Crippen molar-refractivity contribution < 1.29 is 18.7 Å². The maximum atomic E-state index is 13.2. The van der Waals surface area contributed by atoms with Gasteiger partial charge in [-0.15, -0.1) is 0 Å².